The number of aromatic carboxylic acids is 1. The molecule has 0 aliphatic heterocycles. The lowest BCUT2D eigenvalue weighted by Gasteiger charge is -2.16. The van der Waals surface area contributed by atoms with Crippen LogP contribution in [0.4, 0.5) is 17.6 Å². The summed E-state index contributed by atoms with van der Waals surface area (Å²) in [5.74, 6) is -2.85. The Hall–Kier alpha value is -2.84. The Balaban J connectivity index is 2.63. The minimum Gasteiger partial charge on any atom is -0.477 e. The molecule has 5 nitrogen and oxygen atoms in total. The molecule has 0 saturated heterocycles. The number of pyridine rings is 1. The van der Waals surface area contributed by atoms with Crippen LogP contribution in [0.3, 0.4) is 0 Å². The Morgan fingerprint density at radius 1 is 1.09 bits per heavy atom. The lowest BCUT2D eigenvalue weighted by molar-refractivity contribution is -0.0701. The topological polar surface area (TPSA) is 68.5 Å². The number of rotatable bonds is 5. The van der Waals surface area contributed by atoms with Gasteiger partial charge in [-0.1, -0.05) is 0 Å². The van der Waals surface area contributed by atoms with Gasteiger partial charge in [0.25, 0.3) is 11.9 Å². The number of benzene rings is 1. The van der Waals surface area contributed by atoms with Gasteiger partial charge in [-0.25, -0.2) is 22.5 Å². The molecule has 0 saturated carbocycles. The van der Waals surface area contributed by atoms with Gasteiger partial charge in [-0.3, -0.25) is 4.79 Å². The highest BCUT2D eigenvalue weighted by Gasteiger charge is 2.24. The van der Waals surface area contributed by atoms with Crippen molar-refractivity contribution in [1.82, 2.24) is 4.57 Å². The lowest BCUT2D eigenvalue weighted by Crippen LogP contribution is -2.29. The molecule has 1 N–H and O–H groups in total. The van der Waals surface area contributed by atoms with Gasteiger partial charge in [0.15, 0.2) is 0 Å². The molecule has 1 unspecified atom stereocenters. The van der Waals surface area contributed by atoms with E-state index in [2.05, 4.69) is 4.74 Å². The summed E-state index contributed by atoms with van der Waals surface area (Å²) >= 11 is 0. The van der Waals surface area contributed by atoms with Crippen LogP contribution in [0.1, 0.15) is 10.4 Å². The highest BCUT2D eigenvalue weighted by molar-refractivity contribution is 5.87. The Morgan fingerprint density at radius 2 is 1.70 bits per heavy atom. The van der Waals surface area contributed by atoms with Crippen LogP contribution in [0.25, 0.3) is 5.69 Å². The second-order valence-electron chi connectivity index (χ2n) is 4.31. The van der Waals surface area contributed by atoms with Gasteiger partial charge in [0.1, 0.15) is 11.4 Å². The van der Waals surface area contributed by atoms with E-state index in [0.717, 1.165) is 36.4 Å². The molecule has 0 radical (unpaired) electrons. The smallest absolute Gasteiger partial charge is 0.341 e. The van der Waals surface area contributed by atoms with Crippen molar-refractivity contribution in [2.45, 2.75) is 12.8 Å². The molecule has 0 fully saturated rings. The van der Waals surface area contributed by atoms with Crippen molar-refractivity contribution >= 4 is 5.97 Å². The Kier molecular flexibility index (Phi) is 4.68. The van der Waals surface area contributed by atoms with Gasteiger partial charge >= 0.3 is 12.4 Å². The van der Waals surface area contributed by atoms with Crippen LogP contribution in [0, 0.1) is 5.82 Å². The fourth-order valence-corrected chi connectivity index (χ4v) is 1.78. The molecule has 0 bridgehead atoms. The zero-order valence-electron chi connectivity index (χ0n) is 11.2. The molecule has 9 heteroatoms. The summed E-state index contributed by atoms with van der Waals surface area (Å²) in [6.45, 7) is 0. The predicted molar refractivity (Wildman–Crippen MR) is 70.5 cm³/mol. The number of hydrogen-bond acceptors (Lipinski definition) is 3. The lowest BCUT2D eigenvalue weighted by atomic mass is 10.2. The highest BCUT2D eigenvalue weighted by atomic mass is 19.3. The number of hydrogen-bond donors (Lipinski definition) is 1. The SMILES string of the molecule is O=C(O)c1ccc(OC(F)C(F)F)n(-c2ccc(F)cc2)c1=O. The van der Waals surface area contributed by atoms with Crippen LogP contribution < -0.4 is 10.3 Å². The van der Waals surface area contributed by atoms with E-state index in [-0.39, 0.29) is 5.69 Å². The Bertz CT molecular complexity index is 773. The Labute approximate surface area is 126 Å². The normalized spacial score (nSPS) is 12.2. The molecular weight excluding hydrogens is 322 g/mol. The predicted octanol–water partition coefficient (Wildman–Crippen LogP) is 2.61. The molecule has 2 aromatic rings. The molecule has 0 aliphatic carbocycles. The van der Waals surface area contributed by atoms with Gasteiger partial charge in [0.05, 0.1) is 5.69 Å². The van der Waals surface area contributed by atoms with E-state index in [4.69, 9.17) is 5.11 Å². The molecule has 1 aromatic carbocycles. The fraction of sp³-hybridized carbons (Fsp3) is 0.143. The summed E-state index contributed by atoms with van der Waals surface area (Å²) < 4.78 is 55.5. The minimum atomic E-state index is -3.47. The van der Waals surface area contributed by atoms with Crippen LogP contribution >= 0.6 is 0 Å². The molecule has 1 heterocycles. The summed E-state index contributed by atoms with van der Waals surface area (Å²) in [5, 5.41) is 8.93. The molecule has 2 rings (SSSR count). The van der Waals surface area contributed by atoms with Gasteiger partial charge in [0.2, 0.25) is 5.88 Å². The first-order valence-electron chi connectivity index (χ1n) is 6.15. The zero-order valence-corrected chi connectivity index (χ0v) is 11.2. The van der Waals surface area contributed by atoms with E-state index >= 15 is 0 Å². The first-order valence-corrected chi connectivity index (χ1v) is 6.15. The van der Waals surface area contributed by atoms with Crippen molar-refractivity contribution in [3.8, 4) is 11.6 Å². The average Bonchev–Trinajstić information content (AvgIpc) is 2.48. The first-order chi connectivity index (χ1) is 10.8. The van der Waals surface area contributed by atoms with Crippen molar-refractivity contribution in [1.29, 1.82) is 0 Å². The number of alkyl halides is 3. The summed E-state index contributed by atoms with van der Waals surface area (Å²) in [6, 6.07) is 5.76. The summed E-state index contributed by atoms with van der Waals surface area (Å²) in [5.41, 5.74) is -1.90. The largest absolute Gasteiger partial charge is 0.477 e. The quantitative estimate of drug-likeness (QED) is 0.855. The van der Waals surface area contributed by atoms with Crippen molar-refractivity contribution in [3.63, 3.8) is 0 Å². The molecule has 23 heavy (non-hydrogen) atoms. The minimum absolute atomic E-state index is 0.0732. The zero-order chi connectivity index (χ0) is 17.1. The third-order valence-corrected chi connectivity index (χ3v) is 2.79. The van der Waals surface area contributed by atoms with Crippen LogP contribution in [0.5, 0.6) is 5.88 Å². The van der Waals surface area contributed by atoms with Gasteiger partial charge in [-0.2, -0.15) is 4.39 Å². The summed E-state index contributed by atoms with van der Waals surface area (Å²) in [4.78, 5) is 23.2. The number of carboxylic acid groups (broad SMARTS) is 1. The fourth-order valence-electron chi connectivity index (χ4n) is 1.78. The van der Waals surface area contributed by atoms with E-state index in [1.54, 1.807) is 0 Å². The molecule has 0 spiro atoms. The van der Waals surface area contributed by atoms with Crippen molar-refractivity contribution in [2.24, 2.45) is 0 Å². The molecule has 0 aliphatic rings. The molecule has 1 atom stereocenters. The number of aromatic nitrogens is 1. The maximum atomic E-state index is 13.1. The van der Waals surface area contributed by atoms with E-state index in [0.29, 0.717) is 4.57 Å². The molecule has 0 amide bonds. The second kappa shape index (κ2) is 6.51. The summed E-state index contributed by atoms with van der Waals surface area (Å²) in [6.07, 6.45) is -6.48. The number of carboxylic acids is 1. The third kappa shape index (κ3) is 3.50. The number of halogens is 4. The van der Waals surface area contributed by atoms with E-state index < -0.39 is 41.6 Å². The van der Waals surface area contributed by atoms with Crippen LogP contribution in [0.15, 0.2) is 41.2 Å². The van der Waals surface area contributed by atoms with Gasteiger partial charge in [-0.15, -0.1) is 0 Å². The van der Waals surface area contributed by atoms with Crippen molar-refractivity contribution < 1.29 is 32.2 Å². The van der Waals surface area contributed by atoms with Crippen molar-refractivity contribution in [2.75, 3.05) is 0 Å². The summed E-state index contributed by atoms with van der Waals surface area (Å²) in [7, 11) is 0. The number of nitrogens with zero attached hydrogens (tertiary/aromatic N) is 1. The molecular formula is C14H9F4NO4. The van der Waals surface area contributed by atoms with E-state index in [9.17, 15) is 27.2 Å². The monoisotopic (exact) mass is 331 g/mol. The van der Waals surface area contributed by atoms with Crippen LogP contribution in [-0.2, 0) is 0 Å². The molecule has 1 aromatic heterocycles. The van der Waals surface area contributed by atoms with Gasteiger partial charge < -0.3 is 9.84 Å². The maximum absolute atomic E-state index is 13.1. The molecule has 122 valence electrons. The van der Waals surface area contributed by atoms with Gasteiger partial charge in [-0.05, 0) is 30.3 Å². The average molecular weight is 331 g/mol. The van der Waals surface area contributed by atoms with E-state index in [1.807, 2.05) is 0 Å². The van der Waals surface area contributed by atoms with Crippen LogP contribution in [-0.4, -0.2) is 28.4 Å². The third-order valence-electron chi connectivity index (χ3n) is 2.79. The second-order valence-corrected chi connectivity index (χ2v) is 4.31. The van der Waals surface area contributed by atoms with Crippen LogP contribution in [0.2, 0.25) is 0 Å². The van der Waals surface area contributed by atoms with Gasteiger partial charge in [0, 0.05) is 6.07 Å². The Morgan fingerprint density at radius 3 is 2.22 bits per heavy atom. The first kappa shape index (κ1) is 16.5. The standard InChI is InChI=1S/C14H9F4NO4/c15-7-1-3-8(4-2-7)19-10(23-12(18)11(16)17)6-5-9(13(19)20)14(21)22/h1-6,11-12H,(H,21,22). The van der Waals surface area contributed by atoms with Crippen molar-refractivity contribution in [3.05, 3.63) is 58.1 Å². The number of carbonyl (C=O) groups is 1. The van der Waals surface area contributed by atoms with E-state index in [1.165, 1.54) is 0 Å². The number of ether oxygens (including phenoxy) is 1. The maximum Gasteiger partial charge on any atom is 0.341 e. The highest BCUT2D eigenvalue weighted by Crippen LogP contribution is 2.20.